The quantitative estimate of drug-likeness (QED) is 0.646. The number of nitrogens with zero attached hydrogens (tertiary/aromatic N) is 4. The van der Waals surface area contributed by atoms with E-state index in [0.717, 1.165) is 16.8 Å². The summed E-state index contributed by atoms with van der Waals surface area (Å²) in [6.45, 7) is 0.509. The average molecular weight is 418 g/mol. The average Bonchev–Trinajstić information content (AvgIpc) is 3.44. The molecule has 1 N–H and O–H groups in total. The molecule has 0 saturated carbocycles. The Balaban J connectivity index is 1.58. The fourth-order valence-electron chi connectivity index (χ4n) is 3.51. The number of hydrogen-bond acceptors (Lipinski definition) is 7. The molecular weight excluding hydrogens is 400 g/mol. The number of amides is 1. The molecule has 0 spiro atoms. The highest BCUT2D eigenvalue weighted by Crippen LogP contribution is 2.33. The molecule has 0 aliphatic carbocycles. The van der Waals surface area contributed by atoms with Crippen LogP contribution in [0, 0.1) is 11.3 Å². The summed E-state index contributed by atoms with van der Waals surface area (Å²) in [5.74, 6) is -0.0406. The van der Waals surface area contributed by atoms with Crippen LogP contribution in [-0.2, 0) is 16.0 Å². The van der Waals surface area contributed by atoms with Crippen LogP contribution in [0.25, 0.3) is 22.8 Å². The second-order valence-corrected chi connectivity index (χ2v) is 7.02. The first-order valence-electron chi connectivity index (χ1n) is 9.57. The zero-order valence-electron chi connectivity index (χ0n) is 16.7. The highest BCUT2D eigenvalue weighted by atomic mass is 16.5. The topological polar surface area (TPSA) is 130 Å². The Labute approximate surface area is 177 Å². The molecule has 0 radical (unpaired) electrons. The first kappa shape index (κ1) is 20.1. The third-order valence-corrected chi connectivity index (χ3v) is 5.03. The van der Waals surface area contributed by atoms with E-state index in [0.29, 0.717) is 35.7 Å². The van der Waals surface area contributed by atoms with Crippen LogP contribution in [0.15, 0.2) is 40.9 Å². The molecule has 0 fully saturated rings. The number of nitriles is 1. The maximum absolute atomic E-state index is 12.3. The normalized spacial score (nSPS) is 12.3. The van der Waals surface area contributed by atoms with Crippen LogP contribution < -0.4 is 9.64 Å². The van der Waals surface area contributed by atoms with Gasteiger partial charge in [0.15, 0.2) is 0 Å². The summed E-state index contributed by atoms with van der Waals surface area (Å²) in [5.41, 5.74) is 3.46. The van der Waals surface area contributed by atoms with Crippen molar-refractivity contribution < 1.29 is 24.0 Å². The van der Waals surface area contributed by atoms with E-state index in [9.17, 15) is 14.9 Å². The van der Waals surface area contributed by atoms with Gasteiger partial charge < -0.3 is 19.3 Å². The van der Waals surface area contributed by atoms with Gasteiger partial charge in [0, 0.05) is 29.8 Å². The van der Waals surface area contributed by atoms with Crippen molar-refractivity contribution in [2.24, 2.45) is 0 Å². The monoisotopic (exact) mass is 418 g/mol. The van der Waals surface area contributed by atoms with Gasteiger partial charge in [-0.15, -0.1) is 0 Å². The van der Waals surface area contributed by atoms with Crippen molar-refractivity contribution in [1.82, 2.24) is 10.1 Å². The lowest BCUT2D eigenvalue weighted by Gasteiger charge is -2.16. The van der Waals surface area contributed by atoms with Crippen LogP contribution in [0.3, 0.4) is 0 Å². The van der Waals surface area contributed by atoms with Crippen LogP contribution in [0.4, 0.5) is 5.69 Å². The summed E-state index contributed by atoms with van der Waals surface area (Å²) in [5, 5.41) is 22.0. The maximum atomic E-state index is 12.3. The van der Waals surface area contributed by atoms with E-state index in [-0.39, 0.29) is 24.6 Å². The van der Waals surface area contributed by atoms with E-state index >= 15 is 0 Å². The van der Waals surface area contributed by atoms with Gasteiger partial charge in [0.1, 0.15) is 5.75 Å². The molecule has 0 saturated heterocycles. The lowest BCUT2D eigenvalue weighted by molar-refractivity contribution is -0.138. The summed E-state index contributed by atoms with van der Waals surface area (Å²) < 4.78 is 10.6. The Hall–Kier alpha value is -4.19. The number of methoxy groups -OCH3 is 1. The second-order valence-electron chi connectivity index (χ2n) is 7.02. The molecule has 0 atom stereocenters. The maximum Gasteiger partial charge on any atom is 0.303 e. The van der Waals surface area contributed by atoms with Gasteiger partial charge >= 0.3 is 5.97 Å². The Morgan fingerprint density at radius 3 is 2.81 bits per heavy atom. The van der Waals surface area contributed by atoms with Crippen molar-refractivity contribution in [3.05, 3.63) is 47.5 Å². The number of benzene rings is 2. The third kappa shape index (κ3) is 4.09. The van der Waals surface area contributed by atoms with Gasteiger partial charge in [0.2, 0.25) is 11.7 Å². The van der Waals surface area contributed by atoms with Crippen molar-refractivity contribution in [3.8, 4) is 34.7 Å². The number of aliphatic carboxylic acids is 1. The molecule has 2 aromatic carbocycles. The summed E-state index contributed by atoms with van der Waals surface area (Å²) in [6.07, 6.45) is 0.441. The first-order valence-corrected chi connectivity index (χ1v) is 9.57. The lowest BCUT2D eigenvalue weighted by Crippen LogP contribution is -2.29. The molecule has 1 aliphatic rings. The van der Waals surface area contributed by atoms with Gasteiger partial charge in [-0.05, 0) is 48.4 Å². The largest absolute Gasteiger partial charge is 0.497 e. The molecule has 1 aromatic heterocycles. The number of fused-ring (bicyclic) bond motifs is 1. The summed E-state index contributed by atoms with van der Waals surface area (Å²) in [4.78, 5) is 29.1. The lowest BCUT2D eigenvalue weighted by atomic mass is 10.1. The van der Waals surface area contributed by atoms with Crippen molar-refractivity contribution in [1.29, 1.82) is 5.26 Å². The molecule has 31 heavy (non-hydrogen) atoms. The van der Waals surface area contributed by atoms with Gasteiger partial charge in [-0.3, -0.25) is 9.59 Å². The van der Waals surface area contributed by atoms with Crippen molar-refractivity contribution in [2.75, 3.05) is 18.6 Å². The first-order chi connectivity index (χ1) is 15.0. The minimum absolute atomic E-state index is 0.0318. The van der Waals surface area contributed by atoms with E-state index in [2.05, 4.69) is 16.2 Å². The fourth-order valence-corrected chi connectivity index (χ4v) is 3.51. The second kappa shape index (κ2) is 8.28. The summed E-state index contributed by atoms with van der Waals surface area (Å²) >= 11 is 0. The molecule has 156 valence electrons. The zero-order valence-corrected chi connectivity index (χ0v) is 16.7. The minimum atomic E-state index is -0.992. The number of anilines is 1. The van der Waals surface area contributed by atoms with Gasteiger partial charge in [-0.1, -0.05) is 5.16 Å². The van der Waals surface area contributed by atoms with Crippen molar-refractivity contribution >= 4 is 17.6 Å². The number of carbonyl (C=O) groups excluding carboxylic acids is 1. The fraction of sp³-hybridized carbons (Fsp3) is 0.227. The zero-order chi connectivity index (χ0) is 22.0. The molecule has 0 unspecified atom stereocenters. The molecule has 1 aliphatic heterocycles. The predicted molar refractivity (Wildman–Crippen MR) is 109 cm³/mol. The van der Waals surface area contributed by atoms with Crippen LogP contribution in [0.1, 0.15) is 24.0 Å². The smallest absolute Gasteiger partial charge is 0.303 e. The Morgan fingerprint density at radius 1 is 1.23 bits per heavy atom. The molecule has 9 heteroatoms. The van der Waals surface area contributed by atoms with E-state index in [1.165, 1.54) is 7.11 Å². The predicted octanol–water partition coefficient (Wildman–Crippen LogP) is 3.04. The molecular formula is C22H18N4O5. The number of carboxylic acids is 1. The van der Waals surface area contributed by atoms with E-state index in [1.807, 2.05) is 12.1 Å². The van der Waals surface area contributed by atoms with Crippen molar-refractivity contribution in [3.63, 3.8) is 0 Å². The summed E-state index contributed by atoms with van der Waals surface area (Å²) in [7, 11) is 1.51. The molecule has 3 aromatic rings. The third-order valence-electron chi connectivity index (χ3n) is 5.03. The highest BCUT2D eigenvalue weighted by Gasteiger charge is 2.25. The molecule has 2 heterocycles. The SMILES string of the molecule is COc1cc(C#N)cc(-c2nc(-c3ccc4c(c3)CCN4C(=O)CCC(=O)O)no2)c1. The minimum Gasteiger partial charge on any atom is -0.497 e. The molecule has 0 bridgehead atoms. The van der Waals surface area contributed by atoms with Crippen LogP contribution >= 0.6 is 0 Å². The number of carboxylic acid groups (broad SMARTS) is 1. The van der Waals surface area contributed by atoms with Gasteiger partial charge in [0.05, 0.1) is 25.2 Å². The van der Waals surface area contributed by atoms with Crippen LogP contribution in [0.5, 0.6) is 5.75 Å². The Morgan fingerprint density at radius 2 is 2.06 bits per heavy atom. The molecule has 9 nitrogen and oxygen atoms in total. The number of carbonyl (C=O) groups is 2. The van der Waals surface area contributed by atoms with E-state index in [1.54, 1.807) is 29.2 Å². The summed E-state index contributed by atoms with van der Waals surface area (Å²) in [6, 6.07) is 12.5. The van der Waals surface area contributed by atoms with Gasteiger partial charge in [-0.2, -0.15) is 10.2 Å². The van der Waals surface area contributed by atoms with E-state index < -0.39 is 5.97 Å². The van der Waals surface area contributed by atoms with Crippen molar-refractivity contribution in [2.45, 2.75) is 19.3 Å². The van der Waals surface area contributed by atoms with Crippen LogP contribution in [-0.4, -0.2) is 40.8 Å². The van der Waals surface area contributed by atoms with E-state index in [4.69, 9.17) is 14.4 Å². The molecule has 4 rings (SSSR count). The number of aromatic nitrogens is 2. The van der Waals surface area contributed by atoms with Gasteiger partial charge in [-0.25, -0.2) is 0 Å². The highest BCUT2D eigenvalue weighted by molar-refractivity contribution is 5.97. The standard InChI is InChI=1S/C22H18N4O5/c1-30-17-9-13(12-23)8-16(11-17)22-24-21(25-31-22)15-2-3-18-14(10-15)6-7-26(18)19(27)4-5-20(28)29/h2-3,8-11H,4-7H2,1H3,(H,28,29). The number of hydrogen-bond donors (Lipinski definition) is 1. The molecule has 1 amide bonds. The number of ether oxygens (including phenoxy) is 1. The number of rotatable bonds is 6. The Bertz CT molecular complexity index is 1210. The van der Waals surface area contributed by atoms with Crippen LogP contribution in [0.2, 0.25) is 0 Å². The Kier molecular flexibility index (Phi) is 5.37. The van der Waals surface area contributed by atoms with Gasteiger partial charge in [0.25, 0.3) is 5.89 Å².